The molecule has 0 spiro atoms. The second-order valence-corrected chi connectivity index (χ2v) is 5.81. The molecule has 1 saturated carbocycles. The summed E-state index contributed by atoms with van der Waals surface area (Å²) in [4.78, 5) is 12.1. The van der Waals surface area contributed by atoms with Crippen molar-refractivity contribution in [2.45, 2.75) is 44.7 Å². The van der Waals surface area contributed by atoms with Gasteiger partial charge in [0, 0.05) is 17.1 Å². The highest BCUT2D eigenvalue weighted by atomic mass is 35.5. The van der Waals surface area contributed by atoms with Crippen LogP contribution in [0.15, 0.2) is 24.3 Å². The van der Waals surface area contributed by atoms with E-state index in [-0.39, 0.29) is 23.9 Å². The van der Waals surface area contributed by atoms with Crippen molar-refractivity contribution in [1.29, 1.82) is 0 Å². The number of carbonyl (C=O) groups excluding carboxylic acids is 1. The van der Waals surface area contributed by atoms with E-state index in [1.54, 1.807) is 0 Å². The lowest BCUT2D eigenvalue weighted by Gasteiger charge is -2.20. The molecule has 0 saturated heterocycles. The molecular formula is C15H21ClN2O. The molecule has 0 aliphatic heterocycles. The maximum atomic E-state index is 12.1. The Morgan fingerprint density at radius 2 is 2.21 bits per heavy atom. The van der Waals surface area contributed by atoms with E-state index in [2.05, 4.69) is 5.32 Å². The summed E-state index contributed by atoms with van der Waals surface area (Å²) in [6, 6.07) is 7.83. The first-order valence-corrected chi connectivity index (χ1v) is 7.25. The first kappa shape index (κ1) is 14.4. The maximum absolute atomic E-state index is 12.1. The molecule has 0 aromatic heterocycles. The van der Waals surface area contributed by atoms with Gasteiger partial charge in [-0.2, -0.15) is 0 Å². The molecule has 3 nitrogen and oxygen atoms in total. The third-order valence-electron chi connectivity index (χ3n) is 3.78. The summed E-state index contributed by atoms with van der Waals surface area (Å²) >= 11 is 6.12. The summed E-state index contributed by atoms with van der Waals surface area (Å²) in [5.41, 5.74) is 7.01. The van der Waals surface area contributed by atoms with E-state index in [4.69, 9.17) is 17.3 Å². The van der Waals surface area contributed by atoms with Crippen molar-refractivity contribution in [1.82, 2.24) is 5.32 Å². The topological polar surface area (TPSA) is 55.1 Å². The number of benzene rings is 1. The fraction of sp³-hybridized carbons (Fsp3) is 0.533. The van der Waals surface area contributed by atoms with Crippen LogP contribution >= 0.6 is 11.6 Å². The van der Waals surface area contributed by atoms with E-state index in [9.17, 15) is 4.79 Å². The lowest BCUT2D eigenvalue weighted by molar-refractivity contribution is -0.125. The number of amides is 1. The first-order chi connectivity index (χ1) is 9.08. The number of nitrogens with one attached hydrogen (secondary N) is 1. The molecule has 2 rings (SSSR count). The zero-order valence-corrected chi connectivity index (χ0v) is 12.0. The van der Waals surface area contributed by atoms with Gasteiger partial charge in [0.2, 0.25) is 5.91 Å². The molecular weight excluding hydrogens is 260 g/mol. The monoisotopic (exact) mass is 280 g/mol. The Kier molecular flexibility index (Phi) is 4.83. The molecule has 3 atom stereocenters. The van der Waals surface area contributed by atoms with Crippen LogP contribution in [0.5, 0.6) is 0 Å². The minimum Gasteiger partial charge on any atom is -0.353 e. The summed E-state index contributed by atoms with van der Waals surface area (Å²) < 4.78 is 0. The van der Waals surface area contributed by atoms with Crippen LogP contribution in [0.3, 0.4) is 0 Å². The molecule has 19 heavy (non-hydrogen) atoms. The van der Waals surface area contributed by atoms with Crippen LogP contribution in [-0.2, 0) is 11.2 Å². The number of carbonyl (C=O) groups is 1. The Morgan fingerprint density at radius 3 is 2.84 bits per heavy atom. The predicted octanol–water partition coefficient (Wildman–Crippen LogP) is 2.51. The van der Waals surface area contributed by atoms with Gasteiger partial charge in [0.25, 0.3) is 0 Å². The van der Waals surface area contributed by atoms with Crippen LogP contribution in [0.25, 0.3) is 0 Å². The third-order valence-corrected chi connectivity index (χ3v) is 4.15. The largest absolute Gasteiger partial charge is 0.353 e. The molecule has 104 valence electrons. The Labute approximate surface area is 119 Å². The molecule has 0 heterocycles. The van der Waals surface area contributed by atoms with Crippen molar-refractivity contribution in [2.24, 2.45) is 11.7 Å². The summed E-state index contributed by atoms with van der Waals surface area (Å²) in [5, 5.41) is 3.80. The summed E-state index contributed by atoms with van der Waals surface area (Å²) in [5.74, 6) is 0.0678. The van der Waals surface area contributed by atoms with Crippen molar-refractivity contribution in [2.75, 3.05) is 0 Å². The van der Waals surface area contributed by atoms with E-state index in [0.29, 0.717) is 0 Å². The normalized spacial score (nSPS) is 24.2. The van der Waals surface area contributed by atoms with E-state index in [1.165, 1.54) is 0 Å². The molecule has 1 aliphatic rings. The quantitative estimate of drug-likeness (QED) is 0.890. The Hall–Kier alpha value is -1.06. The number of hydrogen-bond acceptors (Lipinski definition) is 2. The van der Waals surface area contributed by atoms with Gasteiger partial charge in [0.1, 0.15) is 0 Å². The van der Waals surface area contributed by atoms with Crippen LogP contribution in [0.1, 0.15) is 31.7 Å². The lowest BCUT2D eigenvalue weighted by atomic mass is 10.0. The van der Waals surface area contributed by atoms with Gasteiger partial charge in [-0.25, -0.2) is 0 Å². The number of rotatable bonds is 4. The first-order valence-electron chi connectivity index (χ1n) is 6.87. The highest BCUT2D eigenvalue weighted by molar-refractivity contribution is 6.31. The molecule has 0 radical (unpaired) electrons. The van der Waals surface area contributed by atoms with Gasteiger partial charge in [0.05, 0.1) is 5.92 Å². The van der Waals surface area contributed by atoms with Crippen molar-refractivity contribution < 1.29 is 4.79 Å². The molecule has 0 bridgehead atoms. The van der Waals surface area contributed by atoms with Gasteiger partial charge in [-0.15, -0.1) is 0 Å². The van der Waals surface area contributed by atoms with Gasteiger partial charge in [0.15, 0.2) is 0 Å². The minimum absolute atomic E-state index is 0.0197. The average Bonchev–Trinajstić information content (AvgIpc) is 2.78. The van der Waals surface area contributed by atoms with Gasteiger partial charge in [-0.05, 0) is 37.8 Å². The lowest BCUT2D eigenvalue weighted by Crippen LogP contribution is -2.43. The van der Waals surface area contributed by atoms with Crippen LogP contribution in [0.2, 0.25) is 5.02 Å². The van der Waals surface area contributed by atoms with E-state index >= 15 is 0 Å². The Balaban J connectivity index is 1.89. The molecule has 3 unspecified atom stereocenters. The van der Waals surface area contributed by atoms with Gasteiger partial charge < -0.3 is 11.1 Å². The fourth-order valence-corrected chi connectivity index (χ4v) is 2.92. The van der Waals surface area contributed by atoms with E-state index in [1.807, 2.05) is 31.2 Å². The number of halogens is 1. The van der Waals surface area contributed by atoms with Crippen molar-refractivity contribution in [3.8, 4) is 0 Å². The molecule has 3 N–H and O–H groups in total. The highest BCUT2D eigenvalue weighted by Crippen LogP contribution is 2.24. The zero-order valence-electron chi connectivity index (χ0n) is 11.2. The Morgan fingerprint density at radius 1 is 1.47 bits per heavy atom. The van der Waals surface area contributed by atoms with Crippen molar-refractivity contribution >= 4 is 17.5 Å². The molecule has 1 aromatic carbocycles. The SMILES string of the molecule is CC(Cc1ccccc1Cl)NC(=O)C1CCCC1N. The van der Waals surface area contributed by atoms with E-state index < -0.39 is 0 Å². The smallest absolute Gasteiger partial charge is 0.224 e. The molecule has 1 amide bonds. The average molecular weight is 281 g/mol. The second-order valence-electron chi connectivity index (χ2n) is 5.41. The molecule has 4 heteroatoms. The highest BCUT2D eigenvalue weighted by Gasteiger charge is 2.30. The number of hydrogen-bond donors (Lipinski definition) is 2. The molecule has 1 aromatic rings. The third kappa shape index (κ3) is 3.71. The van der Waals surface area contributed by atoms with Gasteiger partial charge in [-0.3, -0.25) is 4.79 Å². The fourth-order valence-electron chi connectivity index (χ4n) is 2.71. The second kappa shape index (κ2) is 6.40. The van der Waals surface area contributed by atoms with Crippen LogP contribution in [-0.4, -0.2) is 18.0 Å². The Bertz CT molecular complexity index is 450. The maximum Gasteiger partial charge on any atom is 0.224 e. The zero-order chi connectivity index (χ0) is 13.8. The predicted molar refractivity (Wildman–Crippen MR) is 78.1 cm³/mol. The van der Waals surface area contributed by atoms with Crippen LogP contribution in [0.4, 0.5) is 0 Å². The standard InChI is InChI=1S/C15H21ClN2O/c1-10(9-11-5-2-3-7-13(11)16)18-15(19)12-6-4-8-14(12)17/h2-3,5,7,10,12,14H,4,6,8-9,17H2,1H3,(H,18,19). The minimum atomic E-state index is -0.0197. The van der Waals surface area contributed by atoms with Crippen molar-refractivity contribution in [3.05, 3.63) is 34.9 Å². The van der Waals surface area contributed by atoms with E-state index in [0.717, 1.165) is 36.3 Å². The van der Waals surface area contributed by atoms with Crippen LogP contribution in [0, 0.1) is 5.92 Å². The summed E-state index contributed by atoms with van der Waals surface area (Å²) in [7, 11) is 0. The molecule has 1 fully saturated rings. The van der Waals surface area contributed by atoms with Crippen LogP contribution < -0.4 is 11.1 Å². The van der Waals surface area contributed by atoms with Gasteiger partial charge in [-0.1, -0.05) is 36.2 Å². The molecule has 1 aliphatic carbocycles. The van der Waals surface area contributed by atoms with Crippen molar-refractivity contribution in [3.63, 3.8) is 0 Å². The summed E-state index contributed by atoms with van der Waals surface area (Å²) in [6.07, 6.45) is 3.66. The number of nitrogens with two attached hydrogens (primary N) is 1. The summed E-state index contributed by atoms with van der Waals surface area (Å²) in [6.45, 7) is 2.00. The van der Waals surface area contributed by atoms with Gasteiger partial charge >= 0.3 is 0 Å².